The van der Waals surface area contributed by atoms with E-state index in [1.807, 2.05) is 30.3 Å². The van der Waals surface area contributed by atoms with Gasteiger partial charge in [0.05, 0.1) is 19.3 Å². The number of methoxy groups -OCH3 is 1. The number of Topliss-reactive ketones (excluding diaryl/α,β-unsaturated/α-hetero) is 1. The van der Waals surface area contributed by atoms with Crippen LogP contribution in [0.5, 0.6) is 5.75 Å². The number of amides is 2. The normalized spacial score (nSPS) is 12.7. The number of hydrogen-bond acceptors (Lipinski definition) is 6. The molecule has 0 aliphatic carbocycles. The van der Waals surface area contributed by atoms with E-state index in [1.165, 1.54) is 11.3 Å². The summed E-state index contributed by atoms with van der Waals surface area (Å²) in [4.78, 5) is 44.6. The van der Waals surface area contributed by atoms with Crippen molar-refractivity contribution in [3.05, 3.63) is 76.3 Å². The summed E-state index contributed by atoms with van der Waals surface area (Å²) in [5.74, 6) is 0.315. The van der Waals surface area contributed by atoms with Gasteiger partial charge in [-0.3, -0.25) is 14.4 Å². The largest absolute Gasteiger partial charge is 0.497 e. The van der Waals surface area contributed by atoms with Gasteiger partial charge in [-0.25, -0.2) is 4.98 Å². The molecule has 1 N–H and O–H groups in total. The zero-order chi connectivity index (χ0) is 22.5. The average Bonchev–Trinajstić information content (AvgIpc) is 3.24. The molecule has 3 aromatic rings. The Kier molecular flexibility index (Phi) is 6.61. The monoisotopic (exact) mass is 449 g/mol. The number of thiazole rings is 1. The number of aromatic nitrogens is 1. The predicted molar refractivity (Wildman–Crippen MR) is 122 cm³/mol. The molecule has 0 atom stereocenters. The third-order valence-electron chi connectivity index (χ3n) is 5.28. The van der Waals surface area contributed by atoms with E-state index >= 15 is 0 Å². The van der Waals surface area contributed by atoms with E-state index in [-0.39, 0.29) is 30.4 Å². The molecule has 2 heterocycles. The molecule has 1 aliphatic rings. The number of benzene rings is 2. The van der Waals surface area contributed by atoms with Crippen molar-refractivity contribution in [1.29, 1.82) is 0 Å². The highest BCUT2D eigenvalue weighted by molar-refractivity contribution is 7.15. The Morgan fingerprint density at radius 2 is 1.78 bits per heavy atom. The molecular formula is C24H23N3O4S. The summed E-state index contributed by atoms with van der Waals surface area (Å²) in [5, 5.41) is 3.30. The maximum Gasteiger partial charge on any atom is 0.254 e. The Morgan fingerprint density at radius 1 is 1.03 bits per heavy atom. The van der Waals surface area contributed by atoms with Crippen LogP contribution in [0, 0.1) is 0 Å². The van der Waals surface area contributed by atoms with Gasteiger partial charge in [0.25, 0.3) is 5.91 Å². The van der Waals surface area contributed by atoms with Gasteiger partial charge in [0.15, 0.2) is 10.9 Å². The fourth-order valence-electron chi connectivity index (χ4n) is 3.52. The molecule has 4 rings (SSSR count). The highest BCUT2D eigenvalue weighted by Gasteiger charge is 2.25. The molecule has 2 amide bonds. The summed E-state index contributed by atoms with van der Waals surface area (Å²) in [6.45, 7) is 1.07. The van der Waals surface area contributed by atoms with Gasteiger partial charge in [0.2, 0.25) is 5.91 Å². The van der Waals surface area contributed by atoms with Gasteiger partial charge in [-0.2, -0.15) is 0 Å². The van der Waals surface area contributed by atoms with E-state index in [2.05, 4.69) is 10.3 Å². The quantitative estimate of drug-likeness (QED) is 0.552. The number of carbonyl (C=O) groups excluding carboxylic acids is 3. The first kappa shape index (κ1) is 21.7. The summed E-state index contributed by atoms with van der Waals surface area (Å²) in [5.41, 5.74) is 2.12. The maximum absolute atomic E-state index is 12.7. The summed E-state index contributed by atoms with van der Waals surface area (Å²) in [6.07, 6.45) is 0.840. The first-order valence-corrected chi connectivity index (χ1v) is 11.1. The molecule has 32 heavy (non-hydrogen) atoms. The SMILES string of the molecule is COc1ccc(C(=O)CCC(=O)Nc2nc3c(s2)CN(C(=O)c2ccccc2)CC3)cc1. The second-order valence-corrected chi connectivity index (χ2v) is 8.52. The molecule has 0 bridgehead atoms. The molecule has 0 spiro atoms. The van der Waals surface area contributed by atoms with Crippen molar-refractivity contribution < 1.29 is 19.1 Å². The molecule has 1 aliphatic heterocycles. The minimum absolute atomic E-state index is 0.00715. The van der Waals surface area contributed by atoms with Crippen LogP contribution >= 0.6 is 11.3 Å². The van der Waals surface area contributed by atoms with Crippen molar-refractivity contribution in [3.8, 4) is 5.75 Å². The summed E-state index contributed by atoms with van der Waals surface area (Å²) in [6, 6.07) is 16.0. The zero-order valence-corrected chi connectivity index (χ0v) is 18.5. The molecule has 0 fully saturated rings. The Hall–Kier alpha value is -3.52. The lowest BCUT2D eigenvalue weighted by molar-refractivity contribution is -0.116. The fourth-order valence-corrected chi connectivity index (χ4v) is 4.56. The molecule has 0 radical (unpaired) electrons. The number of anilines is 1. The van der Waals surface area contributed by atoms with Crippen molar-refractivity contribution >= 4 is 34.1 Å². The molecule has 1 aromatic heterocycles. The van der Waals surface area contributed by atoms with Crippen LogP contribution in [0.4, 0.5) is 5.13 Å². The number of ketones is 1. The van der Waals surface area contributed by atoms with Gasteiger partial charge in [-0.05, 0) is 36.4 Å². The second kappa shape index (κ2) is 9.74. The minimum Gasteiger partial charge on any atom is -0.497 e. The Balaban J connectivity index is 1.31. The van der Waals surface area contributed by atoms with Crippen molar-refractivity contribution in [1.82, 2.24) is 9.88 Å². The van der Waals surface area contributed by atoms with Crippen molar-refractivity contribution in [2.75, 3.05) is 19.0 Å². The van der Waals surface area contributed by atoms with Crippen LogP contribution in [-0.2, 0) is 17.8 Å². The Bertz CT molecular complexity index is 1130. The van der Waals surface area contributed by atoms with Gasteiger partial charge in [-0.15, -0.1) is 0 Å². The van der Waals surface area contributed by atoms with Gasteiger partial charge >= 0.3 is 0 Å². The number of hydrogen-bond donors (Lipinski definition) is 1. The van der Waals surface area contributed by atoms with E-state index in [4.69, 9.17) is 4.74 Å². The second-order valence-electron chi connectivity index (χ2n) is 7.43. The molecule has 0 unspecified atom stereocenters. The summed E-state index contributed by atoms with van der Waals surface area (Å²) in [7, 11) is 1.57. The fraction of sp³-hybridized carbons (Fsp3) is 0.250. The molecular weight excluding hydrogens is 426 g/mol. The number of nitrogens with zero attached hydrogens (tertiary/aromatic N) is 2. The van der Waals surface area contributed by atoms with Crippen molar-refractivity contribution in [2.24, 2.45) is 0 Å². The van der Waals surface area contributed by atoms with E-state index in [9.17, 15) is 14.4 Å². The van der Waals surface area contributed by atoms with Gasteiger partial charge in [-0.1, -0.05) is 29.5 Å². The lowest BCUT2D eigenvalue weighted by atomic mass is 10.1. The molecule has 0 saturated carbocycles. The standard InChI is InChI=1S/C24H23N3O4S/c1-31-18-9-7-16(8-10-18)20(28)11-12-22(29)26-24-25-19-13-14-27(15-21(19)32-24)23(30)17-5-3-2-4-6-17/h2-10H,11-15H2,1H3,(H,25,26,29). The van der Waals surface area contributed by atoms with E-state index in [1.54, 1.807) is 36.3 Å². The van der Waals surface area contributed by atoms with Crippen LogP contribution in [0.15, 0.2) is 54.6 Å². The van der Waals surface area contributed by atoms with Crippen molar-refractivity contribution in [3.63, 3.8) is 0 Å². The number of rotatable bonds is 7. The minimum atomic E-state index is -0.254. The highest BCUT2D eigenvalue weighted by atomic mass is 32.1. The number of nitrogens with one attached hydrogen (secondary N) is 1. The third kappa shape index (κ3) is 5.03. The molecule has 0 saturated heterocycles. The smallest absolute Gasteiger partial charge is 0.254 e. The number of fused-ring (bicyclic) bond motifs is 1. The van der Waals surface area contributed by atoms with Crippen LogP contribution in [0.2, 0.25) is 0 Å². The predicted octanol–water partition coefficient (Wildman–Crippen LogP) is 3.95. The van der Waals surface area contributed by atoms with Crippen LogP contribution in [0.25, 0.3) is 0 Å². The molecule has 8 heteroatoms. The molecule has 2 aromatic carbocycles. The summed E-state index contributed by atoms with van der Waals surface area (Å²) >= 11 is 1.38. The van der Waals surface area contributed by atoms with Gasteiger partial charge in [0, 0.05) is 41.8 Å². The maximum atomic E-state index is 12.7. The first-order chi connectivity index (χ1) is 15.5. The first-order valence-electron chi connectivity index (χ1n) is 10.3. The number of carbonyl (C=O) groups is 3. The van der Waals surface area contributed by atoms with Crippen LogP contribution in [0.3, 0.4) is 0 Å². The van der Waals surface area contributed by atoms with Crippen LogP contribution < -0.4 is 10.1 Å². The average molecular weight is 450 g/mol. The topological polar surface area (TPSA) is 88.6 Å². The summed E-state index contributed by atoms with van der Waals surface area (Å²) < 4.78 is 5.09. The van der Waals surface area contributed by atoms with Gasteiger partial charge < -0.3 is 15.0 Å². The van der Waals surface area contributed by atoms with E-state index in [0.717, 1.165) is 10.6 Å². The highest BCUT2D eigenvalue weighted by Crippen LogP contribution is 2.29. The lowest BCUT2D eigenvalue weighted by Gasteiger charge is -2.26. The Morgan fingerprint density at radius 3 is 2.50 bits per heavy atom. The van der Waals surface area contributed by atoms with Crippen LogP contribution in [-0.4, -0.2) is 41.1 Å². The Labute approximate surface area is 190 Å². The third-order valence-corrected chi connectivity index (χ3v) is 6.27. The number of ether oxygens (including phenoxy) is 1. The molecule has 164 valence electrons. The van der Waals surface area contributed by atoms with Crippen molar-refractivity contribution in [2.45, 2.75) is 25.8 Å². The zero-order valence-electron chi connectivity index (χ0n) is 17.7. The van der Waals surface area contributed by atoms with E-state index < -0.39 is 0 Å². The van der Waals surface area contributed by atoms with E-state index in [0.29, 0.717) is 41.5 Å². The molecule has 7 nitrogen and oxygen atoms in total. The van der Waals surface area contributed by atoms with Gasteiger partial charge in [0.1, 0.15) is 5.75 Å². The van der Waals surface area contributed by atoms with Crippen LogP contribution in [0.1, 0.15) is 44.1 Å². The lowest BCUT2D eigenvalue weighted by Crippen LogP contribution is -2.35.